The number of methoxy groups -OCH3 is 3. The smallest absolute Gasteiger partial charge is 0.231 e. The number of rotatable bonds is 8. The summed E-state index contributed by atoms with van der Waals surface area (Å²) >= 11 is 0. The van der Waals surface area contributed by atoms with Crippen molar-refractivity contribution in [3.63, 3.8) is 0 Å². The molecule has 1 aliphatic heterocycles. The Morgan fingerprint density at radius 3 is 2.41 bits per heavy atom. The van der Waals surface area contributed by atoms with Crippen molar-refractivity contribution in [1.82, 2.24) is 9.88 Å². The van der Waals surface area contributed by atoms with E-state index < -0.39 is 0 Å². The monoisotopic (exact) mass is 525 g/mol. The Hall–Kier alpha value is -4.31. The van der Waals surface area contributed by atoms with Gasteiger partial charge in [-0.05, 0) is 47.2 Å². The minimum absolute atomic E-state index is 0.0183. The molecule has 1 aromatic heterocycles. The quantitative estimate of drug-likeness (QED) is 0.364. The summed E-state index contributed by atoms with van der Waals surface area (Å²) in [5.41, 5.74) is 5.04. The van der Waals surface area contributed by atoms with Gasteiger partial charge < -0.3 is 19.1 Å². The number of nitrogens with zero attached hydrogens (tertiary/aromatic N) is 3. The number of benzene rings is 2. The van der Waals surface area contributed by atoms with Crippen LogP contribution in [0.15, 0.2) is 60.7 Å². The zero-order chi connectivity index (χ0) is 28.2. The predicted octanol–water partition coefficient (Wildman–Crippen LogP) is 5.90. The molecule has 202 valence electrons. The van der Waals surface area contributed by atoms with Gasteiger partial charge in [0.2, 0.25) is 11.8 Å². The molecular weight excluding hydrogens is 490 g/mol. The van der Waals surface area contributed by atoms with E-state index in [2.05, 4.69) is 62.2 Å². The molecule has 1 saturated heterocycles. The lowest BCUT2D eigenvalue weighted by Crippen LogP contribution is -2.31. The number of likely N-dealkylation sites (tertiary alicyclic amines) is 1. The number of carbonyl (C=O) groups excluding carboxylic acids is 1. The zero-order valence-corrected chi connectivity index (χ0v) is 23.4. The molecule has 1 amide bonds. The highest BCUT2D eigenvalue weighted by Crippen LogP contribution is 2.33. The number of carbonyl (C=O) groups is 1. The van der Waals surface area contributed by atoms with Crippen LogP contribution in [-0.4, -0.2) is 43.2 Å². The number of ether oxygens (including phenoxy) is 3. The van der Waals surface area contributed by atoms with Gasteiger partial charge in [0, 0.05) is 30.2 Å². The van der Waals surface area contributed by atoms with Gasteiger partial charge >= 0.3 is 0 Å². The van der Waals surface area contributed by atoms with E-state index in [4.69, 9.17) is 14.2 Å². The van der Waals surface area contributed by atoms with Crippen LogP contribution in [0.3, 0.4) is 0 Å². The maximum atomic E-state index is 13.1. The summed E-state index contributed by atoms with van der Waals surface area (Å²) in [4.78, 5) is 19.6. The first kappa shape index (κ1) is 27.7. The van der Waals surface area contributed by atoms with Gasteiger partial charge in [0.05, 0.1) is 33.1 Å². The van der Waals surface area contributed by atoms with Crippen molar-refractivity contribution in [1.29, 1.82) is 5.26 Å². The summed E-state index contributed by atoms with van der Waals surface area (Å²) in [6, 6.07) is 19.6. The molecule has 2 heterocycles. The van der Waals surface area contributed by atoms with E-state index in [0.29, 0.717) is 42.1 Å². The fourth-order valence-electron chi connectivity index (χ4n) is 4.80. The van der Waals surface area contributed by atoms with Crippen molar-refractivity contribution in [2.75, 3.05) is 21.3 Å². The number of hydrogen-bond donors (Lipinski definition) is 0. The van der Waals surface area contributed by atoms with E-state index in [0.717, 1.165) is 16.7 Å². The van der Waals surface area contributed by atoms with E-state index in [1.807, 2.05) is 29.2 Å². The molecule has 7 nitrogen and oxygen atoms in total. The van der Waals surface area contributed by atoms with Gasteiger partial charge in [0.1, 0.15) is 23.1 Å². The third kappa shape index (κ3) is 6.06. The van der Waals surface area contributed by atoms with E-state index >= 15 is 0 Å². The Morgan fingerprint density at radius 2 is 1.79 bits per heavy atom. The molecule has 0 spiro atoms. The molecule has 0 bridgehead atoms. The molecule has 1 aliphatic rings. The highest BCUT2D eigenvalue weighted by Gasteiger charge is 2.31. The van der Waals surface area contributed by atoms with Crippen LogP contribution in [0.5, 0.6) is 17.4 Å². The highest BCUT2D eigenvalue weighted by molar-refractivity contribution is 5.83. The second kappa shape index (κ2) is 11.6. The van der Waals surface area contributed by atoms with Crippen molar-refractivity contribution in [3.8, 4) is 23.4 Å². The van der Waals surface area contributed by atoms with Crippen LogP contribution in [0.1, 0.15) is 61.6 Å². The third-order valence-electron chi connectivity index (χ3n) is 7.08. The second-order valence-corrected chi connectivity index (χ2v) is 10.6. The normalized spacial score (nSPS) is 15.7. The van der Waals surface area contributed by atoms with Gasteiger partial charge in [0.15, 0.2) is 0 Å². The maximum absolute atomic E-state index is 13.1. The maximum Gasteiger partial charge on any atom is 0.231 e. The molecule has 0 radical (unpaired) electrons. The lowest BCUT2D eigenvalue weighted by molar-refractivity contribution is -0.129. The SMILES string of the molecule is COc1ccc(CN2C(=O)CC[C@@H]2/C=C(/c2ccc(C(C)(C)C)cc2)c2ccc(C#N)c(OC)n2)c(OC)c1. The van der Waals surface area contributed by atoms with Gasteiger partial charge in [-0.25, -0.2) is 4.98 Å². The molecule has 0 saturated carbocycles. The third-order valence-corrected chi connectivity index (χ3v) is 7.08. The van der Waals surface area contributed by atoms with Gasteiger partial charge in [0.25, 0.3) is 0 Å². The number of aromatic nitrogens is 1. The summed E-state index contributed by atoms with van der Waals surface area (Å²) in [7, 11) is 4.74. The fraction of sp³-hybridized carbons (Fsp3) is 0.344. The first-order chi connectivity index (χ1) is 18.7. The molecule has 0 unspecified atom stereocenters. The first-order valence-corrected chi connectivity index (χ1v) is 13.0. The van der Waals surface area contributed by atoms with E-state index in [-0.39, 0.29) is 23.2 Å². The van der Waals surface area contributed by atoms with Gasteiger partial charge in [-0.15, -0.1) is 0 Å². The molecule has 7 heteroatoms. The molecule has 0 N–H and O–H groups in total. The van der Waals surface area contributed by atoms with Crippen molar-refractivity contribution in [2.45, 2.75) is 51.6 Å². The summed E-state index contributed by atoms with van der Waals surface area (Å²) < 4.78 is 16.3. The standard InChI is InChI=1S/C32H35N3O4/c1-32(2,3)24-11-7-21(8-12-24)27(28-15-10-22(19-33)31(34-28)39-6)17-25-13-16-30(36)35(25)20-23-9-14-26(37-4)18-29(23)38-5/h7-12,14-15,17-18,25H,13,16,20H2,1-6H3/b27-17-/t25-/m1/s1. The lowest BCUT2D eigenvalue weighted by atomic mass is 9.86. The van der Waals surface area contributed by atoms with E-state index in [1.165, 1.54) is 12.7 Å². The summed E-state index contributed by atoms with van der Waals surface area (Å²) in [6.45, 7) is 6.96. The summed E-state index contributed by atoms with van der Waals surface area (Å²) in [5, 5.41) is 9.47. The Bertz CT molecular complexity index is 1410. The molecule has 3 aromatic rings. The van der Waals surface area contributed by atoms with Crippen molar-refractivity contribution in [3.05, 3.63) is 88.6 Å². The predicted molar refractivity (Wildman–Crippen MR) is 151 cm³/mol. The van der Waals surface area contributed by atoms with Crippen LogP contribution in [0.25, 0.3) is 5.57 Å². The van der Waals surface area contributed by atoms with Gasteiger partial charge in [-0.2, -0.15) is 5.26 Å². The Morgan fingerprint density at radius 1 is 1.05 bits per heavy atom. The average molecular weight is 526 g/mol. The second-order valence-electron chi connectivity index (χ2n) is 10.6. The van der Waals surface area contributed by atoms with Crippen molar-refractivity contribution >= 4 is 11.5 Å². The summed E-state index contributed by atoms with van der Waals surface area (Å²) in [5.74, 6) is 1.73. The zero-order valence-electron chi connectivity index (χ0n) is 23.4. The van der Waals surface area contributed by atoms with Crippen LogP contribution >= 0.6 is 0 Å². The highest BCUT2D eigenvalue weighted by atomic mass is 16.5. The minimum Gasteiger partial charge on any atom is -0.497 e. The van der Waals surface area contributed by atoms with Gasteiger partial charge in [-0.3, -0.25) is 4.79 Å². The van der Waals surface area contributed by atoms with Crippen LogP contribution in [0.2, 0.25) is 0 Å². The number of amides is 1. The van der Waals surface area contributed by atoms with Crippen molar-refractivity contribution < 1.29 is 19.0 Å². The summed E-state index contributed by atoms with van der Waals surface area (Å²) in [6.07, 6.45) is 3.26. The lowest BCUT2D eigenvalue weighted by Gasteiger charge is -2.25. The van der Waals surface area contributed by atoms with Crippen molar-refractivity contribution in [2.24, 2.45) is 0 Å². The van der Waals surface area contributed by atoms with E-state index in [9.17, 15) is 10.1 Å². The van der Waals surface area contributed by atoms with Gasteiger partial charge in [-0.1, -0.05) is 51.1 Å². The molecule has 1 fully saturated rings. The Kier molecular flexibility index (Phi) is 8.25. The Balaban J connectivity index is 1.78. The van der Waals surface area contributed by atoms with Crippen LogP contribution in [-0.2, 0) is 16.8 Å². The van der Waals surface area contributed by atoms with Crippen LogP contribution in [0, 0.1) is 11.3 Å². The molecule has 2 aromatic carbocycles. The molecule has 1 atom stereocenters. The topological polar surface area (TPSA) is 84.7 Å². The molecule has 0 aliphatic carbocycles. The van der Waals surface area contributed by atoms with Crippen LogP contribution < -0.4 is 14.2 Å². The molecular formula is C32H35N3O4. The molecule has 39 heavy (non-hydrogen) atoms. The Labute approximate surface area is 230 Å². The fourth-order valence-corrected chi connectivity index (χ4v) is 4.80. The number of nitriles is 1. The van der Waals surface area contributed by atoms with Crippen LogP contribution in [0.4, 0.5) is 0 Å². The number of pyridine rings is 1. The average Bonchev–Trinajstić information content (AvgIpc) is 3.29. The molecule has 4 rings (SSSR count). The van der Waals surface area contributed by atoms with E-state index in [1.54, 1.807) is 20.3 Å². The first-order valence-electron chi connectivity index (χ1n) is 13.0. The largest absolute Gasteiger partial charge is 0.497 e. The minimum atomic E-state index is -0.148. The number of hydrogen-bond acceptors (Lipinski definition) is 6.